The van der Waals surface area contributed by atoms with Crippen molar-refractivity contribution < 1.29 is 9.53 Å². The second-order valence-electron chi connectivity index (χ2n) is 5.55. The molecule has 0 radical (unpaired) electrons. The Hall–Kier alpha value is -2.08. The maximum atomic E-state index is 11.7. The van der Waals surface area contributed by atoms with Gasteiger partial charge in [0.15, 0.2) is 0 Å². The zero-order chi connectivity index (χ0) is 15.2. The van der Waals surface area contributed by atoms with Crippen LogP contribution in [-0.2, 0) is 11.3 Å². The molecule has 6 heteroatoms. The molecule has 2 aromatic rings. The number of aromatic nitrogens is 2. The van der Waals surface area contributed by atoms with Crippen LogP contribution in [0.2, 0.25) is 0 Å². The van der Waals surface area contributed by atoms with Gasteiger partial charge in [-0.1, -0.05) is 12.1 Å². The minimum absolute atomic E-state index is 0.119. The minimum Gasteiger partial charge on any atom is -0.376 e. The second kappa shape index (κ2) is 7.26. The number of imidazole rings is 1. The fourth-order valence-electron chi connectivity index (χ4n) is 2.71. The Kier molecular flexibility index (Phi) is 4.90. The van der Waals surface area contributed by atoms with Gasteiger partial charge in [0.05, 0.1) is 23.5 Å². The summed E-state index contributed by atoms with van der Waals surface area (Å²) in [5.41, 5.74) is 2.13. The SMILES string of the molecule is O=C(NCCCn1cnc2ccccc21)NCC1CCCO1. The lowest BCUT2D eigenvalue weighted by Gasteiger charge is -2.11. The molecule has 1 aromatic heterocycles. The zero-order valence-electron chi connectivity index (χ0n) is 12.6. The molecule has 22 heavy (non-hydrogen) atoms. The van der Waals surface area contributed by atoms with E-state index in [1.165, 1.54) is 0 Å². The molecule has 1 fully saturated rings. The first kappa shape index (κ1) is 14.8. The third-order valence-corrected chi connectivity index (χ3v) is 3.90. The molecule has 2 N–H and O–H groups in total. The van der Waals surface area contributed by atoms with Crippen molar-refractivity contribution in [2.75, 3.05) is 19.7 Å². The molecule has 1 atom stereocenters. The van der Waals surface area contributed by atoms with Gasteiger partial charge < -0.3 is 19.9 Å². The molecule has 0 spiro atoms. The summed E-state index contributed by atoms with van der Waals surface area (Å²) in [5, 5.41) is 5.73. The zero-order valence-corrected chi connectivity index (χ0v) is 12.6. The lowest BCUT2D eigenvalue weighted by atomic mass is 10.2. The number of nitrogens with one attached hydrogen (secondary N) is 2. The molecule has 118 valence electrons. The van der Waals surface area contributed by atoms with E-state index >= 15 is 0 Å². The molecule has 0 saturated carbocycles. The molecule has 1 unspecified atom stereocenters. The summed E-state index contributed by atoms with van der Waals surface area (Å²) < 4.78 is 7.58. The van der Waals surface area contributed by atoms with Gasteiger partial charge in [0.25, 0.3) is 0 Å². The van der Waals surface area contributed by atoms with Crippen LogP contribution in [0.1, 0.15) is 19.3 Å². The number of para-hydroxylation sites is 2. The van der Waals surface area contributed by atoms with Gasteiger partial charge in [0, 0.05) is 26.2 Å². The Balaban J connectivity index is 1.35. The molecule has 1 aliphatic rings. The lowest BCUT2D eigenvalue weighted by molar-refractivity contribution is 0.111. The van der Waals surface area contributed by atoms with Crippen LogP contribution in [0.25, 0.3) is 11.0 Å². The van der Waals surface area contributed by atoms with Crippen LogP contribution in [0.15, 0.2) is 30.6 Å². The Morgan fingerprint density at radius 3 is 3.14 bits per heavy atom. The van der Waals surface area contributed by atoms with E-state index in [1.54, 1.807) is 0 Å². The molecule has 0 aliphatic carbocycles. The highest BCUT2D eigenvalue weighted by Gasteiger charge is 2.15. The van der Waals surface area contributed by atoms with Crippen molar-refractivity contribution in [3.05, 3.63) is 30.6 Å². The Morgan fingerprint density at radius 1 is 1.36 bits per heavy atom. The Morgan fingerprint density at radius 2 is 2.27 bits per heavy atom. The molecule has 6 nitrogen and oxygen atoms in total. The summed E-state index contributed by atoms with van der Waals surface area (Å²) in [6.45, 7) is 2.89. The molecule has 2 heterocycles. The van der Waals surface area contributed by atoms with Gasteiger partial charge in [-0.3, -0.25) is 0 Å². The summed E-state index contributed by atoms with van der Waals surface area (Å²) in [6, 6.07) is 7.94. The molecular weight excluding hydrogens is 280 g/mol. The van der Waals surface area contributed by atoms with Crippen molar-refractivity contribution in [1.29, 1.82) is 0 Å². The van der Waals surface area contributed by atoms with E-state index in [0.29, 0.717) is 13.1 Å². The number of carbonyl (C=O) groups is 1. The average Bonchev–Trinajstić information content (AvgIpc) is 3.19. The van der Waals surface area contributed by atoms with Gasteiger partial charge in [0.2, 0.25) is 0 Å². The van der Waals surface area contributed by atoms with Crippen LogP contribution in [0.3, 0.4) is 0 Å². The number of benzene rings is 1. The van der Waals surface area contributed by atoms with Crippen LogP contribution in [0.4, 0.5) is 4.79 Å². The number of nitrogens with zero attached hydrogens (tertiary/aromatic N) is 2. The summed E-state index contributed by atoms with van der Waals surface area (Å²) in [7, 11) is 0. The monoisotopic (exact) mass is 302 g/mol. The van der Waals surface area contributed by atoms with E-state index in [9.17, 15) is 4.79 Å². The smallest absolute Gasteiger partial charge is 0.314 e. The van der Waals surface area contributed by atoms with E-state index in [-0.39, 0.29) is 12.1 Å². The molecule has 1 saturated heterocycles. The van der Waals surface area contributed by atoms with Gasteiger partial charge >= 0.3 is 6.03 Å². The van der Waals surface area contributed by atoms with Crippen LogP contribution in [0, 0.1) is 0 Å². The minimum atomic E-state index is -0.119. The maximum absolute atomic E-state index is 11.7. The fourth-order valence-corrected chi connectivity index (χ4v) is 2.71. The topological polar surface area (TPSA) is 68.2 Å². The van der Waals surface area contributed by atoms with Crippen molar-refractivity contribution >= 4 is 17.1 Å². The number of amides is 2. The van der Waals surface area contributed by atoms with E-state index in [4.69, 9.17) is 4.74 Å². The fraction of sp³-hybridized carbons (Fsp3) is 0.500. The number of carbonyl (C=O) groups excluding carboxylic acids is 1. The van der Waals surface area contributed by atoms with Gasteiger partial charge in [-0.15, -0.1) is 0 Å². The van der Waals surface area contributed by atoms with Crippen LogP contribution >= 0.6 is 0 Å². The first-order chi connectivity index (χ1) is 10.8. The first-order valence-corrected chi connectivity index (χ1v) is 7.86. The number of aryl methyl sites for hydroxylation is 1. The number of ether oxygens (including phenoxy) is 1. The summed E-state index contributed by atoms with van der Waals surface area (Å²) in [5.74, 6) is 0. The number of rotatable bonds is 6. The molecular formula is C16H22N4O2. The molecule has 3 rings (SSSR count). The van der Waals surface area contributed by atoms with Crippen LogP contribution in [0.5, 0.6) is 0 Å². The summed E-state index contributed by atoms with van der Waals surface area (Å²) >= 11 is 0. The van der Waals surface area contributed by atoms with Crippen molar-refractivity contribution in [3.8, 4) is 0 Å². The quantitative estimate of drug-likeness (QED) is 0.801. The molecule has 0 bridgehead atoms. The molecule has 1 aliphatic heterocycles. The van der Waals surface area contributed by atoms with Crippen molar-refractivity contribution in [2.24, 2.45) is 0 Å². The highest BCUT2D eigenvalue weighted by atomic mass is 16.5. The maximum Gasteiger partial charge on any atom is 0.314 e. The van der Waals surface area contributed by atoms with Crippen molar-refractivity contribution in [2.45, 2.75) is 31.9 Å². The van der Waals surface area contributed by atoms with Gasteiger partial charge in [0.1, 0.15) is 0 Å². The average molecular weight is 302 g/mol. The van der Waals surface area contributed by atoms with E-state index in [1.807, 2.05) is 24.5 Å². The highest BCUT2D eigenvalue weighted by molar-refractivity contribution is 5.75. The van der Waals surface area contributed by atoms with Gasteiger partial charge in [-0.25, -0.2) is 9.78 Å². The number of hydrogen-bond donors (Lipinski definition) is 2. The molecule has 1 aromatic carbocycles. The van der Waals surface area contributed by atoms with Crippen LogP contribution in [-0.4, -0.2) is 41.4 Å². The predicted molar refractivity (Wildman–Crippen MR) is 84.7 cm³/mol. The predicted octanol–water partition coefficient (Wildman–Crippen LogP) is 1.90. The van der Waals surface area contributed by atoms with E-state index < -0.39 is 0 Å². The normalized spacial score (nSPS) is 17.7. The summed E-state index contributed by atoms with van der Waals surface area (Å²) in [6.07, 6.45) is 5.03. The third-order valence-electron chi connectivity index (χ3n) is 3.90. The number of hydrogen-bond acceptors (Lipinski definition) is 3. The first-order valence-electron chi connectivity index (χ1n) is 7.86. The van der Waals surface area contributed by atoms with Gasteiger partial charge in [-0.2, -0.15) is 0 Å². The number of fused-ring (bicyclic) bond motifs is 1. The lowest BCUT2D eigenvalue weighted by Crippen LogP contribution is -2.40. The van der Waals surface area contributed by atoms with E-state index in [0.717, 1.165) is 43.4 Å². The van der Waals surface area contributed by atoms with Crippen molar-refractivity contribution in [1.82, 2.24) is 20.2 Å². The Labute approximate surface area is 129 Å². The van der Waals surface area contributed by atoms with E-state index in [2.05, 4.69) is 26.3 Å². The second-order valence-corrected chi connectivity index (χ2v) is 5.55. The van der Waals surface area contributed by atoms with Crippen LogP contribution < -0.4 is 10.6 Å². The van der Waals surface area contributed by atoms with Gasteiger partial charge in [-0.05, 0) is 31.4 Å². The standard InChI is InChI=1S/C16H22N4O2/c21-16(18-11-13-5-3-10-22-13)17-8-4-9-20-12-19-14-6-1-2-7-15(14)20/h1-2,6-7,12-13H,3-5,8-11H2,(H2,17,18,21). The third kappa shape index (κ3) is 3.76. The Bertz CT molecular complexity index is 619. The largest absolute Gasteiger partial charge is 0.376 e. The summed E-state index contributed by atoms with van der Waals surface area (Å²) in [4.78, 5) is 16.0. The van der Waals surface area contributed by atoms with Crippen molar-refractivity contribution in [3.63, 3.8) is 0 Å². The molecule has 2 amide bonds. The highest BCUT2D eigenvalue weighted by Crippen LogP contribution is 2.12. The number of urea groups is 1.